The van der Waals surface area contributed by atoms with E-state index in [1.54, 1.807) is 0 Å². The number of hydrogen-bond donors (Lipinski definition) is 1. The lowest BCUT2D eigenvalue weighted by atomic mass is 10.1. The highest BCUT2D eigenvalue weighted by atomic mass is 19.3. The number of carboxylic acids is 1. The van der Waals surface area contributed by atoms with Crippen molar-refractivity contribution in [3.63, 3.8) is 0 Å². The van der Waals surface area contributed by atoms with Gasteiger partial charge in [0.15, 0.2) is 0 Å². The zero-order valence-electron chi connectivity index (χ0n) is 8.12. The van der Waals surface area contributed by atoms with Crippen molar-refractivity contribution in [2.24, 2.45) is 0 Å². The number of hydrogen-bond acceptors (Lipinski definition) is 2. The summed E-state index contributed by atoms with van der Waals surface area (Å²) in [5, 5.41) is 8.55. The summed E-state index contributed by atoms with van der Waals surface area (Å²) in [5.41, 5.74) is -0.152. The van der Waals surface area contributed by atoms with E-state index in [1.807, 2.05) is 0 Å². The molecule has 0 saturated heterocycles. The summed E-state index contributed by atoms with van der Waals surface area (Å²) in [6.45, 7) is -1.09. The normalized spacial score (nSPS) is 10.8. The van der Waals surface area contributed by atoms with Crippen LogP contribution in [0.1, 0.15) is 15.9 Å². The Kier molecular flexibility index (Phi) is 4.30. The minimum atomic E-state index is -2.61. The van der Waals surface area contributed by atoms with E-state index in [4.69, 9.17) is 5.11 Å². The van der Waals surface area contributed by atoms with Gasteiger partial charge in [-0.1, -0.05) is 6.07 Å². The molecule has 1 N–H and O–H groups in total. The second-order valence-electron chi connectivity index (χ2n) is 3.02. The Balaban J connectivity index is 2.64. The highest BCUT2D eigenvalue weighted by Gasteiger charge is 2.09. The van der Waals surface area contributed by atoms with E-state index in [9.17, 15) is 18.0 Å². The summed E-state index contributed by atoms with van der Waals surface area (Å²) >= 11 is 0. The largest absolute Gasteiger partial charge is 0.478 e. The molecule has 0 unspecified atom stereocenters. The summed E-state index contributed by atoms with van der Waals surface area (Å²) in [5.74, 6) is -2.03. The fraction of sp³-hybridized carbons (Fsp3) is 0.300. The lowest BCUT2D eigenvalue weighted by Gasteiger charge is -2.05. The fourth-order valence-electron chi connectivity index (χ4n) is 1.06. The Morgan fingerprint density at radius 2 is 2.12 bits per heavy atom. The van der Waals surface area contributed by atoms with E-state index >= 15 is 0 Å². The van der Waals surface area contributed by atoms with Gasteiger partial charge in [-0.15, -0.1) is 0 Å². The first-order valence-electron chi connectivity index (χ1n) is 4.38. The van der Waals surface area contributed by atoms with Crippen LogP contribution in [0, 0.1) is 5.82 Å². The smallest absolute Gasteiger partial charge is 0.335 e. The van der Waals surface area contributed by atoms with Gasteiger partial charge in [0.25, 0.3) is 6.43 Å². The lowest BCUT2D eigenvalue weighted by Crippen LogP contribution is -2.06. The summed E-state index contributed by atoms with van der Waals surface area (Å²) in [7, 11) is 0. The molecule has 3 nitrogen and oxygen atoms in total. The van der Waals surface area contributed by atoms with E-state index in [2.05, 4.69) is 4.74 Å². The second kappa shape index (κ2) is 5.50. The van der Waals surface area contributed by atoms with Crippen LogP contribution in [0.2, 0.25) is 0 Å². The molecular weight excluding hydrogens is 225 g/mol. The maximum absolute atomic E-state index is 13.2. The van der Waals surface area contributed by atoms with Crippen molar-refractivity contribution < 1.29 is 27.8 Å². The van der Waals surface area contributed by atoms with Crippen LogP contribution in [0.15, 0.2) is 18.2 Å². The molecule has 0 aromatic heterocycles. The zero-order valence-corrected chi connectivity index (χ0v) is 8.12. The lowest BCUT2D eigenvalue weighted by molar-refractivity contribution is 0.00901. The second-order valence-corrected chi connectivity index (χ2v) is 3.02. The fourth-order valence-corrected chi connectivity index (χ4v) is 1.06. The Labute approximate surface area is 89.5 Å². The quantitative estimate of drug-likeness (QED) is 0.850. The third kappa shape index (κ3) is 3.54. The SMILES string of the molecule is O=C(O)c1ccc(COCC(F)F)c(F)c1. The van der Waals surface area contributed by atoms with Gasteiger partial charge in [0.05, 0.1) is 12.2 Å². The number of aromatic carboxylic acids is 1. The van der Waals surface area contributed by atoms with Crippen LogP contribution in [-0.4, -0.2) is 24.1 Å². The van der Waals surface area contributed by atoms with Gasteiger partial charge < -0.3 is 9.84 Å². The first-order chi connectivity index (χ1) is 7.50. The third-order valence-corrected chi connectivity index (χ3v) is 1.80. The van der Waals surface area contributed by atoms with Crippen molar-refractivity contribution in [1.82, 2.24) is 0 Å². The van der Waals surface area contributed by atoms with E-state index in [-0.39, 0.29) is 17.7 Å². The Bertz CT molecular complexity index is 380. The molecule has 0 saturated carbocycles. The molecule has 0 atom stereocenters. The van der Waals surface area contributed by atoms with Gasteiger partial charge in [-0.05, 0) is 12.1 Å². The van der Waals surface area contributed by atoms with Gasteiger partial charge >= 0.3 is 5.97 Å². The van der Waals surface area contributed by atoms with Crippen LogP contribution in [0.5, 0.6) is 0 Å². The molecule has 88 valence electrons. The average molecular weight is 234 g/mol. The molecular formula is C10H9F3O3. The van der Waals surface area contributed by atoms with Crippen LogP contribution in [0.25, 0.3) is 0 Å². The molecule has 0 heterocycles. The predicted molar refractivity (Wildman–Crippen MR) is 49.0 cm³/mol. The van der Waals surface area contributed by atoms with Crippen molar-refractivity contribution in [2.45, 2.75) is 13.0 Å². The molecule has 0 radical (unpaired) electrons. The molecule has 1 aromatic carbocycles. The van der Waals surface area contributed by atoms with Crippen LogP contribution in [0.4, 0.5) is 13.2 Å². The van der Waals surface area contributed by atoms with Gasteiger partial charge in [-0.3, -0.25) is 0 Å². The summed E-state index contributed by atoms with van der Waals surface area (Å²) in [6, 6.07) is 3.21. The average Bonchev–Trinajstić information content (AvgIpc) is 2.19. The number of rotatable bonds is 5. The summed E-state index contributed by atoms with van der Waals surface area (Å²) in [6.07, 6.45) is -2.61. The summed E-state index contributed by atoms with van der Waals surface area (Å²) < 4.78 is 41.2. The van der Waals surface area contributed by atoms with E-state index in [0.717, 1.165) is 6.07 Å². The predicted octanol–water partition coefficient (Wildman–Crippen LogP) is 2.31. The molecule has 0 aliphatic heterocycles. The molecule has 1 aromatic rings. The van der Waals surface area contributed by atoms with Crippen LogP contribution < -0.4 is 0 Å². The molecule has 6 heteroatoms. The minimum Gasteiger partial charge on any atom is -0.478 e. The molecule has 0 amide bonds. The first-order valence-corrected chi connectivity index (χ1v) is 4.38. The highest BCUT2D eigenvalue weighted by Crippen LogP contribution is 2.12. The molecule has 1 rings (SSSR count). The van der Waals surface area contributed by atoms with Crippen LogP contribution in [0.3, 0.4) is 0 Å². The van der Waals surface area contributed by atoms with Gasteiger partial charge in [-0.2, -0.15) is 0 Å². The Morgan fingerprint density at radius 3 is 2.62 bits per heavy atom. The van der Waals surface area contributed by atoms with E-state index < -0.39 is 24.8 Å². The van der Waals surface area contributed by atoms with Crippen molar-refractivity contribution in [3.05, 3.63) is 35.1 Å². The number of halogens is 3. The molecule has 0 aliphatic rings. The van der Waals surface area contributed by atoms with Crippen LogP contribution >= 0.6 is 0 Å². The van der Waals surface area contributed by atoms with Crippen molar-refractivity contribution in [1.29, 1.82) is 0 Å². The topological polar surface area (TPSA) is 46.5 Å². The van der Waals surface area contributed by atoms with Crippen molar-refractivity contribution in [2.75, 3.05) is 6.61 Å². The molecule has 0 aliphatic carbocycles. The maximum atomic E-state index is 13.2. The van der Waals surface area contributed by atoms with Crippen LogP contribution in [-0.2, 0) is 11.3 Å². The number of benzene rings is 1. The standard InChI is InChI=1S/C10H9F3O3/c11-8-3-6(10(14)15)1-2-7(8)4-16-5-9(12)13/h1-3,9H,4-5H2,(H,14,15). The minimum absolute atomic E-state index is 0.0469. The first kappa shape index (κ1) is 12.5. The van der Waals surface area contributed by atoms with Gasteiger partial charge in [0.2, 0.25) is 0 Å². The van der Waals surface area contributed by atoms with Crippen molar-refractivity contribution in [3.8, 4) is 0 Å². The number of carboxylic acid groups (broad SMARTS) is 1. The van der Waals surface area contributed by atoms with E-state index in [0.29, 0.717) is 0 Å². The third-order valence-electron chi connectivity index (χ3n) is 1.80. The number of ether oxygens (including phenoxy) is 1. The Morgan fingerprint density at radius 1 is 1.44 bits per heavy atom. The highest BCUT2D eigenvalue weighted by molar-refractivity contribution is 5.87. The monoisotopic (exact) mass is 234 g/mol. The molecule has 16 heavy (non-hydrogen) atoms. The Hall–Kier alpha value is -1.56. The number of carbonyl (C=O) groups is 1. The molecule has 0 spiro atoms. The molecule has 0 fully saturated rings. The van der Waals surface area contributed by atoms with Gasteiger partial charge in [-0.25, -0.2) is 18.0 Å². The van der Waals surface area contributed by atoms with Gasteiger partial charge in [0.1, 0.15) is 12.4 Å². The van der Waals surface area contributed by atoms with E-state index in [1.165, 1.54) is 12.1 Å². The molecule has 0 bridgehead atoms. The number of alkyl halides is 2. The van der Waals surface area contributed by atoms with Gasteiger partial charge in [0, 0.05) is 5.56 Å². The van der Waals surface area contributed by atoms with Crippen molar-refractivity contribution >= 4 is 5.97 Å². The maximum Gasteiger partial charge on any atom is 0.335 e. The zero-order chi connectivity index (χ0) is 12.1. The summed E-state index contributed by atoms with van der Waals surface area (Å²) in [4.78, 5) is 10.5.